The van der Waals surface area contributed by atoms with E-state index in [2.05, 4.69) is 36.4 Å². The number of nitrogens with one attached hydrogen (secondary N) is 2. The first-order chi connectivity index (χ1) is 8.88. The number of aliphatic imine (C=N–C) groups is 1. The first-order valence-corrected chi connectivity index (χ1v) is 6.44. The molecule has 1 saturated heterocycles. The summed E-state index contributed by atoms with van der Waals surface area (Å²) in [5.74, 6) is -0.468. The maximum absolute atomic E-state index is 11.7. The lowest BCUT2D eigenvalue weighted by Gasteiger charge is -2.27. The standard InChI is InChI=1S/C14H19N3O2/c1-14(2,3)9-5-4-6-15-10(9)7-11-13(19)16-8-12(18)17-11/h6-7H,4-5,8H2,1-3H3,(H,16,19)(H,17,18)/b11-7-. The van der Waals surface area contributed by atoms with Crippen molar-refractivity contribution in [1.82, 2.24) is 10.6 Å². The van der Waals surface area contributed by atoms with E-state index in [4.69, 9.17) is 0 Å². The van der Waals surface area contributed by atoms with Crippen molar-refractivity contribution < 1.29 is 9.59 Å². The highest BCUT2D eigenvalue weighted by Gasteiger charge is 2.24. The molecule has 0 aromatic carbocycles. The molecule has 0 aromatic heterocycles. The Bertz CT molecular complexity index is 507. The number of amides is 2. The average molecular weight is 261 g/mol. The summed E-state index contributed by atoms with van der Waals surface area (Å²) >= 11 is 0. The van der Waals surface area contributed by atoms with Crippen molar-refractivity contribution in [1.29, 1.82) is 0 Å². The quantitative estimate of drug-likeness (QED) is 0.698. The van der Waals surface area contributed by atoms with Gasteiger partial charge in [0, 0.05) is 6.21 Å². The lowest BCUT2D eigenvalue weighted by molar-refractivity contribution is -0.127. The van der Waals surface area contributed by atoms with E-state index in [0.717, 1.165) is 18.5 Å². The van der Waals surface area contributed by atoms with Crippen LogP contribution in [0.15, 0.2) is 28.0 Å². The van der Waals surface area contributed by atoms with Gasteiger partial charge >= 0.3 is 0 Å². The summed E-state index contributed by atoms with van der Waals surface area (Å²) in [7, 11) is 0. The Labute approximate surface area is 112 Å². The molecule has 0 unspecified atom stereocenters. The maximum Gasteiger partial charge on any atom is 0.268 e. The molecule has 2 heterocycles. The second-order valence-corrected chi connectivity index (χ2v) is 5.75. The first-order valence-electron chi connectivity index (χ1n) is 6.44. The Hall–Kier alpha value is -1.91. The lowest BCUT2D eigenvalue weighted by atomic mass is 9.81. The molecule has 0 aliphatic carbocycles. The molecule has 0 aromatic rings. The molecule has 1 fully saturated rings. The third-order valence-corrected chi connectivity index (χ3v) is 3.18. The number of carbonyl (C=O) groups excluding carboxylic acids is 2. The van der Waals surface area contributed by atoms with Crippen molar-refractivity contribution in [3.63, 3.8) is 0 Å². The number of piperazine rings is 1. The van der Waals surface area contributed by atoms with E-state index in [1.54, 1.807) is 6.08 Å². The van der Waals surface area contributed by atoms with Crippen LogP contribution < -0.4 is 10.6 Å². The molecule has 19 heavy (non-hydrogen) atoms. The van der Waals surface area contributed by atoms with Gasteiger partial charge < -0.3 is 10.6 Å². The minimum absolute atomic E-state index is 0.000689. The van der Waals surface area contributed by atoms with Crippen molar-refractivity contribution in [2.24, 2.45) is 10.4 Å². The molecule has 102 valence electrons. The van der Waals surface area contributed by atoms with E-state index in [1.807, 2.05) is 6.21 Å². The summed E-state index contributed by atoms with van der Waals surface area (Å²) in [5, 5.41) is 5.12. The van der Waals surface area contributed by atoms with Crippen molar-refractivity contribution in [2.75, 3.05) is 6.54 Å². The summed E-state index contributed by atoms with van der Waals surface area (Å²) in [6.45, 7) is 6.41. The molecule has 0 atom stereocenters. The molecule has 2 amide bonds. The van der Waals surface area contributed by atoms with Crippen molar-refractivity contribution >= 4 is 18.0 Å². The fraction of sp³-hybridized carbons (Fsp3) is 0.500. The largest absolute Gasteiger partial charge is 0.342 e. The lowest BCUT2D eigenvalue weighted by Crippen LogP contribution is -2.47. The predicted molar refractivity (Wildman–Crippen MR) is 73.4 cm³/mol. The Morgan fingerprint density at radius 1 is 1.32 bits per heavy atom. The van der Waals surface area contributed by atoms with E-state index in [1.165, 1.54) is 5.57 Å². The fourth-order valence-electron chi connectivity index (χ4n) is 2.21. The van der Waals surface area contributed by atoms with Gasteiger partial charge in [0.05, 0.1) is 12.2 Å². The zero-order chi connectivity index (χ0) is 14.0. The van der Waals surface area contributed by atoms with E-state index < -0.39 is 0 Å². The summed E-state index contributed by atoms with van der Waals surface area (Å²) in [5.41, 5.74) is 2.26. The molecule has 2 aliphatic rings. The molecule has 0 spiro atoms. The van der Waals surface area contributed by atoms with E-state index >= 15 is 0 Å². The molecule has 2 aliphatic heterocycles. The molecule has 5 nitrogen and oxygen atoms in total. The van der Waals surface area contributed by atoms with Crippen LogP contribution >= 0.6 is 0 Å². The van der Waals surface area contributed by atoms with Crippen LogP contribution in [0.5, 0.6) is 0 Å². The molecule has 2 N–H and O–H groups in total. The Balaban J connectivity index is 2.38. The van der Waals surface area contributed by atoms with Gasteiger partial charge in [0.25, 0.3) is 5.91 Å². The summed E-state index contributed by atoms with van der Waals surface area (Å²) in [6.07, 6.45) is 5.37. The second kappa shape index (κ2) is 4.99. The van der Waals surface area contributed by atoms with Gasteiger partial charge in [-0.2, -0.15) is 0 Å². The van der Waals surface area contributed by atoms with Crippen molar-refractivity contribution in [3.05, 3.63) is 23.0 Å². The van der Waals surface area contributed by atoms with Gasteiger partial charge in [-0.25, -0.2) is 0 Å². The number of carbonyl (C=O) groups is 2. The van der Waals surface area contributed by atoms with Gasteiger partial charge in [-0.3, -0.25) is 14.6 Å². The highest BCUT2D eigenvalue weighted by molar-refractivity contribution is 6.03. The molecular weight excluding hydrogens is 242 g/mol. The monoisotopic (exact) mass is 261 g/mol. The first kappa shape index (κ1) is 13.5. The van der Waals surface area contributed by atoms with Crippen molar-refractivity contribution in [2.45, 2.75) is 33.6 Å². The zero-order valence-corrected chi connectivity index (χ0v) is 11.5. The Morgan fingerprint density at radius 3 is 2.74 bits per heavy atom. The van der Waals surface area contributed by atoms with Crippen LogP contribution in [-0.4, -0.2) is 24.6 Å². The predicted octanol–water partition coefficient (Wildman–Crippen LogP) is 1.28. The van der Waals surface area contributed by atoms with E-state index in [0.29, 0.717) is 0 Å². The third-order valence-electron chi connectivity index (χ3n) is 3.18. The van der Waals surface area contributed by atoms with Crippen LogP contribution in [0.1, 0.15) is 33.6 Å². The number of allylic oxidation sites excluding steroid dienone is 2. The number of nitrogens with zero attached hydrogens (tertiary/aromatic N) is 1. The highest BCUT2D eigenvalue weighted by Crippen LogP contribution is 2.34. The molecule has 0 radical (unpaired) electrons. The second-order valence-electron chi connectivity index (χ2n) is 5.75. The number of hydrogen-bond acceptors (Lipinski definition) is 3. The number of hydrogen-bond donors (Lipinski definition) is 2. The Kier molecular flexibility index (Phi) is 3.55. The van der Waals surface area contributed by atoms with Gasteiger partial charge in [-0.15, -0.1) is 0 Å². The third kappa shape index (κ3) is 3.10. The average Bonchev–Trinajstić information content (AvgIpc) is 2.33. The van der Waals surface area contributed by atoms with E-state index in [-0.39, 0.29) is 29.5 Å². The zero-order valence-electron chi connectivity index (χ0n) is 11.5. The van der Waals surface area contributed by atoms with E-state index in [9.17, 15) is 9.59 Å². The molecular formula is C14H19N3O2. The summed E-state index contributed by atoms with van der Waals surface area (Å²) < 4.78 is 0. The van der Waals surface area contributed by atoms with Gasteiger partial charge in [0.15, 0.2) is 0 Å². The van der Waals surface area contributed by atoms with Crippen LogP contribution in [0.2, 0.25) is 0 Å². The van der Waals surface area contributed by atoms with Crippen molar-refractivity contribution in [3.8, 4) is 0 Å². The topological polar surface area (TPSA) is 70.6 Å². The van der Waals surface area contributed by atoms with Crippen LogP contribution in [0.4, 0.5) is 0 Å². The van der Waals surface area contributed by atoms with Crippen LogP contribution in [0.3, 0.4) is 0 Å². The van der Waals surface area contributed by atoms with Crippen LogP contribution in [0.25, 0.3) is 0 Å². The molecule has 5 heteroatoms. The minimum atomic E-state index is -0.263. The van der Waals surface area contributed by atoms with Gasteiger partial charge in [0.1, 0.15) is 5.70 Å². The maximum atomic E-state index is 11.7. The number of rotatable bonds is 1. The van der Waals surface area contributed by atoms with Gasteiger partial charge in [-0.05, 0) is 29.9 Å². The smallest absolute Gasteiger partial charge is 0.268 e. The molecule has 0 bridgehead atoms. The fourth-order valence-corrected chi connectivity index (χ4v) is 2.21. The highest BCUT2D eigenvalue weighted by atomic mass is 16.2. The van der Waals surface area contributed by atoms with Gasteiger partial charge in [0.2, 0.25) is 5.91 Å². The molecule has 0 saturated carbocycles. The van der Waals surface area contributed by atoms with Crippen LogP contribution in [-0.2, 0) is 9.59 Å². The minimum Gasteiger partial charge on any atom is -0.342 e. The summed E-state index contributed by atoms with van der Waals surface area (Å²) in [6, 6.07) is 0. The summed E-state index contributed by atoms with van der Waals surface area (Å²) in [4.78, 5) is 27.4. The Morgan fingerprint density at radius 2 is 2.05 bits per heavy atom. The molecule has 2 rings (SSSR count). The van der Waals surface area contributed by atoms with Gasteiger partial charge in [-0.1, -0.05) is 20.8 Å². The van der Waals surface area contributed by atoms with Crippen LogP contribution in [0, 0.1) is 5.41 Å². The SMILES string of the molecule is CC(C)(C)C1=C(/C=C2\NC(=O)CNC2=O)N=CCC1. The normalized spacial score (nSPS) is 22.6.